The Bertz CT molecular complexity index is 762. The number of fused-ring (bicyclic) bond motifs is 1. The number of carboxylic acids is 1. The zero-order valence-electron chi connectivity index (χ0n) is 17.1. The molecule has 0 aliphatic carbocycles. The summed E-state index contributed by atoms with van der Waals surface area (Å²) >= 11 is 0. The zero-order valence-corrected chi connectivity index (χ0v) is 17.1. The maximum atomic E-state index is 9.25. The van der Waals surface area contributed by atoms with Gasteiger partial charge in [-0.1, -0.05) is 45.9 Å². The van der Waals surface area contributed by atoms with Crippen LogP contribution < -0.4 is 0 Å². The Morgan fingerprint density at radius 3 is 2.70 bits per heavy atom. The van der Waals surface area contributed by atoms with Crippen molar-refractivity contribution in [1.29, 1.82) is 0 Å². The molecule has 0 spiro atoms. The van der Waals surface area contributed by atoms with Crippen LogP contribution in [0.15, 0.2) is 41.3 Å². The lowest BCUT2D eigenvalue weighted by atomic mass is 9.82. The second-order valence-corrected chi connectivity index (χ2v) is 7.99. The van der Waals surface area contributed by atoms with Gasteiger partial charge in [0.25, 0.3) is 0 Å². The first-order valence-electron chi connectivity index (χ1n) is 9.90. The average molecular weight is 372 g/mol. The van der Waals surface area contributed by atoms with E-state index in [9.17, 15) is 4.79 Å². The molecule has 4 nitrogen and oxygen atoms in total. The number of hydrogen-bond donors (Lipinski definition) is 1. The van der Waals surface area contributed by atoms with Crippen LogP contribution in [0, 0.1) is 11.8 Å². The van der Waals surface area contributed by atoms with E-state index >= 15 is 0 Å². The zero-order chi connectivity index (χ0) is 20.0. The van der Waals surface area contributed by atoms with E-state index in [1.54, 1.807) is 0 Å². The molecular weight excluding hydrogens is 338 g/mol. The maximum absolute atomic E-state index is 9.25. The van der Waals surface area contributed by atoms with Gasteiger partial charge in [-0.05, 0) is 56.0 Å². The topological polar surface area (TPSA) is 53.7 Å². The number of carboxylic acid groups (broad SMARTS) is 1. The van der Waals surface area contributed by atoms with Crippen molar-refractivity contribution in [3.05, 3.63) is 48.2 Å². The van der Waals surface area contributed by atoms with Crippen molar-refractivity contribution in [1.82, 2.24) is 4.90 Å². The largest absolute Gasteiger partial charge is 0.478 e. The number of piperidine rings is 1. The number of aliphatic carboxylic acids is 1. The Hall–Kier alpha value is -2.07. The minimum atomic E-state index is -0.981. The molecule has 0 unspecified atom stereocenters. The number of nitrogens with zero attached hydrogens (tertiary/aromatic N) is 1. The Morgan fingerprint density at radius 1 is 1.41 bits per heavy atom. The van der Waals surface area contributed by atoms with Gasteiger partial charge in [0.2, 0.25) is 0 Å². The van der Waals surface area contributed by atoms with E-state index in [2.05, 4.69) is 63.6 Å². The number of furan rings is 1. The predicted molar refractivity (Wildman–Crippen MR) is 111 cm³/mol. The van der Waals surface area contributed by atoms with Crippen LogP contribution in [0.2, 0.25) is 0 Å². The summed E-state index contributed by atoms with van der Waals surface area (Å²) in [6.45, 7) is 12.2. The quantitative estimate of drug-likeness (QED) is 0.721. The number of benzene rings is 1. The van der Waals surface area contributed by atoms with Crippen LogP contribution in [0.4, 0.5) is 0 Å². The molecule has 2 heterocycles. The molecule has 4 heteroatoms. The lowest BCUT2D eigenvalue weighted by Gasteiger charge is -2.35. The van der Waals surface area contributed by atoms with Crippen molar-refractivity contribution in [2.24, 2.45) is 11.8 Å². The molecule has 2 aromatic rings. The molecule has 1 aliphatic heterocycles. The lowest BCUT2D eigenvalue weighted by molar-refractivity contribution is -0.131. The van der Waals surface area contributed by atoms with E-state index in [-0.39, 0.29) is 0 Å². The molecule has 1 aromatic carbocycles. The first-order valence-corrected chi connectivity index (χ1v) is 9.90. The van der Waals surface area contributed by atoms with Gasteiger partial charge in [0.1, 0.15) is 11.3 Å². The highest BCUT2D eigenvalue weighted by Gasteiger charge is 2.30. The van der Waals surface area contributed by atoms with Crippen LogP contribution in [-0.4, -0.2) is 36.1 Å². The van der Waals surface area contributed by atoms with E-state index in [1.165, 1.54) is 42.6 Å². The van der Waals surface area contributed by atoms with Crippen LogP contribution >= 0.6 is 0 Å². The summed E-state index contributed by atoms with van der Waals surface area (Å²) < 4.78 is 6.28. The maximum Gasteiger partial charge on any atom is 0.327 e. The van der Waals surface area contributed by atoms with Gasteiger partial charge >= 0.3 is 5.97 Å². The summed E-state index contributed by atoms with van der Waals surface area (Å²) in [7, 11) is 2.23. The fraction of sp³-hybridized carbons (Fsp3) is 0.522. The number of likely N-dealkylation sites (tertiary alicyclic amines) is 1. The van der Waals surface area contributed by atoms with E-state index in [0.29, 0.717) is 11.8 Å². The van der Waals surface area contributed by atoms with Crippen molar-refractivity contribution < 1.29 is 14.3 Å². The molecule has 1 fully saturated rings. The first kappa shape index (κ1) is 21.2. The van der Waals surface area contributed by atoms with E-state index < -0.39 is 5.97 Å². The van der Waals surface area contributed by atoms with Crippen LogP contribution in [-0.2, 0) is 11.2 Å². The normalized spacial score (nSPS) is 20.3. The van der Waals surface area contributed by atoms with Crippen LogP contribution in [0.5, 0.6) is 0 Å². The summed E-state index contributed by atoms with van der Waals surface area (Å²) in [4.78, 5) is 11.7. The van der Waals surface area contributed by atoms with Crippen molar-refractivity contribution in [3.63, 3.8) is 0 Å². The van der Waals surface area contributed by atoms with E-state index in [4.69, 9.17) is 9.52 Å². The molecule has 0 bridgehead atoms. The summed E-state index contributed by atoms with van der Waals surface area (Å²) in [5, 5.41) is 8.86. The van der Waals surface area contributed by atoms with Crippen LogP contribution in [0.25, 0.3) is 11.0 Å². The third-order valence-corrected chi connectivity index (χ3v) is 5.25. The van der Waals surface area contributed by atoms with Crippen molar-refractivity contribution in [3.8, 4) is 0 Å². The smallest absolute Gasteiger partial charge is 0.327 e. The van der Waals surface area contributed by atoms with E-state index in [0.717, 1.165) is 24.0 Å². The Balaban J connectivity index is 0.000000465. The fourth-order valence-corrected chi connectivity index (χ4v) is 3.88. The molecule has 2 atom stereocenters. The highest BCUT2D eigenvalue weighted by atomic mass is 16.4. The van der Waals surface area contributed by atoms with Gasteiger partial charge in [0.15, 0.2) is 0 Å². The lowest BCUT2D eigenvalue weighted by Crippen LogP contribution is -2.36. The molecule has 1 aliphatic rings. The second kappa shape index (κ2) is 9.75. The highest BCUT2D eigenvalue weighted by Crippen LogP contribution is 2.37. The van der Waals surface area contributed by atoms with Gasteiger partial charge in [-0.25, -0.2) is 4.79 Å². The molecule has 0 radical (unpaired) electrons. The summed E-state index contributed by atoms with van der Waals surface area (Å²) in [5.74, 6) is 2.21. The molecule has 148 valence electrons. The average Bonchev–Trinajstić information content (AvgIpc) is 3.04. The third kappa shape index (κ3) is 5.96. The standard InChI is InChI=1S/C20H29NO.C3H4O2/c1-5-16-13-21(4)9-8-18(16)20-12-17-7-6-15(10-14(2)3)11-19(17)22-20;1-2-3(4)5/h6-7,11-12,14,16,18H,5,8-10,13H2,1-4H3;2H,1H2,(H,4,5)/t16-,18-;/m1./s1. The van der Waals surface area contributed by atoms with Gasteiger partial charge in [-0.2, -0.15) is 0 Å². The molecule has 1 aromatic heterocycles. The molecule has 27 heavy (non-hydrogen) atoms. The van der Waals surface area contributed by atoms with Crippen molar-refractivity contribution in [2.75, 3.05) is 20.1 Å². The molecule has 0 amide bonds. The molecule has 0 saturated carbocycles. The fourth-order valence-electron chi connectivity index (χ4n) is 3.88. The molecule has 1 saturated heterocycles. The number of hydrogen-bond acceptors (Lipinski definition) is 3. The number of rotatable bonds is 5. The SMILES string of the molecule is C=CC(=O)O.CC[C@@H]1CN(C)CC[C@H]1c1cc2ccc(CC(C)C)cc2o1. The Morgan fingerprint density at radius 2 is 2.11 bits per heavy atom. The van der Waals surface area contributed by atoms with Crippen LogP contribution in [0.1, 0.15) is 50.9 Å². The molecular formula is C23H33NO3. The summed E-state index contributed by atoms with van der Waals surface area (Å²) in [6, 6.07) is 9.02. The third-order valence-electron chi connectivity index (χ3n) is 5.25. The van der Waals surface area contributed by atoms with Gasteiger partial charge < -0.3 is 14.4 Å². The Labute approximate surface area is 162 Å². The highest BCUT2D eigenvalue weighted by molar-refractivity contribution is 5.79. The predicted octanol–water partition coefficient (Wildman–Crippen LogP) is 5.33. The summed E-state index contributed by atoms with van der Waals surface area (Å²) in [5.41, 5.74) is 2.46. The monoisotopic (exact) mass is 371 g/mol. The first-order chi connectivity index (χ1) is 12.8. The molecule has 3 rings (SSSR count). The van der Waals surface area contributed by atoms with Crippen molar-refractivity contribution >= 4 is 16.9 Å². The van der Waals surface area contributed by atoms with E-state index in [1.807, 2.05) is 0 Å². The van der Waals surface area contributed by atoms with Gasteiger partial charge in [0, 0.05) is 23.9 Å². The van der Waals surface area contributed by atoms with Crippen LogP contribution in [0.3, 0.4) is 0 Å². The van der Waals surface area contributed by atoms with Gasteiger partial charge in [0.05, 0.1) is 0 Å². The molecule has 1 N–H and O–H groups in total. The summed E-state index contributed by atoms with van der Waals surface area (Å²) in [6.07, 6.45) is 4.40. The van der Waals surface area contributed by atoms with Gasteiger partial charge in [-0.3, -0.25) is 0 Å². The van der Waals surface area contributed by atoms with Crippen molar-refractivity contribution in [2.45, 2.75) is 46.0 Å². The Kier molecular flexibility index (Phi) is 7.66. The second-order valence-electron chi connectivity index (χ2n) is 7.99. The van der Waals surface area contributed by atoms with Gasteiger partial charge in [-0.15, -0.1) is 0 Å². The number of carbonyl (C=O) groups is 1. The minimum Gasteiger partial charge on any atom is -0.478 e. The minimum absolute atomic E-state index is 0.585.